The van der Waals surface area contributed by atoms with Crippen LogP contribution >= 0.6 is 0 Å². The lowest BCUT2D eigenvalue weighted by Gasteiger charge is -2.29. The van der Waals surface area contributed by atoms with Crippen molar-refractivity contribution < 1.29 is 14.3 Å². The van der Waals surface area contributed by atoms with Crippen LogP contribution in [0, 0.1) is 6.92 Å². The highest BCUT2D eigenvalue weighted by Crippen LogP contribution is 2.33. The molecule has 1 unspecified atom stereocenters. The molecule has 1 aliphatic heterocycles. The number of carbonyl (C=O) groups is 1. The highest BCUT2D eigenvalue weighted by Gasteiger charge is 2.26. The normalized spacial score (nSPS) is 16.3. The maximum Gasteiger partial charge on any atom is 0.255 e. The van der Waals surface area contributed by atoms with Crippen molar-refractivity contribution in [3.63, 3.8) is 0 Å². The molecular weight excluding hydrogens is 280 g/mol. The van der Waals surface area contributed by atoms with Crippen LogP contribution in [0.3, 0.4) is 0 Å². The van der Waals surface area contributed by atoms with Crippen molar-refractivity contribution in [1.29, 1.82) is 0 Å². The van der Waals surface area contributed by atoms with Crippen molar-refractivity contribution in [3.05, 3.63) is 53.1 Å². The second-order valence-corrected chi connectivity index (χ2v) is 5.16. The quantitative estimate of drug-likeness (QED) is 0.915. The van der Waals surface area contributed by atoms with Gasteiger partial charge in [-0.25, -0.2) is 0 Å². The van der Waals surface area contributed by atoms with Crippen LogP contribution in [-0.4, -0.2) is 20.1 Å². The first-order valence-corrected chi connectivity index (χ1v) is 7.03. The van der Waals surface area contributed by atoms with Gasteiger partial charge in [-0.05, 0) is 36.2 Å². The summed E-state index contributed by atoms with van der Waals surface area (Å²) in [6.45, 7) is 1.98. The molecule has 0 saturated heterocycles. The number of anilines is 1. The van der Waals surface area contributed by atoms with E-state index < -0.39 is 0 Å². The van der Waals surface area contributed by atoms with Gasteiger partial charge in [-0.15, -0.1) is 0 Å². The fraction of sp³-hybridized carbons (Fsp3) is 0.235. The molecule has 0 aromatic heterocycles. The molecule has 0 aliphatic carbocycles. The molecule has 3 rings (SSSR count). The lowest BCUT2D eigenvalue weighted by atomic mass is 10.0. The number of hydrogen-bond donors (Lipinski definition) is 2. The van der Waals surface area contributed by atoms with E-state index in [0.29, 0.717) is 17.1 Å². The Labute approximate surface area is 129 Å². The van der Waals surface area contributed by atoms with Crippen LogP contribution in [0.2, 0.25) is 0 Å². The van der Waals surface area contributed by atoms with Gasteiger partial charge in [0, 0.05) is 0 Å². The van der Waals surface area contributed by atoms with Crippen molar-refractivity contribution in [2.45, 2.75) is 13.1 Å². The van der Waals surface area contributed by atoms with Gasteiger partial charge >= 0.3 is 0 Å². The summed E-state index contributed by atoms with van der Waals surface area (Å²) in [5, 5.41) is 6.33. The summed E-state index contributed by atoms with van der Waals surface area (Å²) < 4.78 is 10.6. The van der Waals surface area contributed by atoms with Gasteiger partial charge in [0.2, 0.25) is 0 Å². The molecule has 1 atom stereocenters. The standard InChI is InChI=1S/C17H18N2O3/c1-10-5-4-6-12-15(10)18-16(19-17(12)20)11-7-8-13(21-2)14(9-11)22-3/h4-9,16,18H,1-3H3,(H,19,20). The third-order valence-corrected chi connectivity index (χ3v) is 3.82. The van der Waals surface area contributed by atoms with E-state index >= 15 is 0 Å². The van der Waals surface area contributed by atoms with E-state index in [1.165, 1.54) is 0 Å². The molecular formula is C17H18N2O3. The predicted molar refractivity (Wildman–Crippen MR) is 84.6 cm³/mol. The van der Waals surface area contributed by atoms with E-state index in [2.05, 4.69) is 10.6 Å². The summed E-state index contributed by atoms with van der Waals surface area (Å²) >= 11 is 0. The molecule has 0 fully saturated rings. The minimum absolute atomic E-state index is 0.0859. The first kappa shape index (κ1) is 14.3. The van der Waals surface area contributed by atoms with Crippen LogP contribution in [0.15, 0.2) is 36.4 Å². The van der Waals surface area contributed by atoms with E-state index in [9.17, 15) is 4.79 Å². The molecule has 22 heavy (non-hydrogen) atoms. The molecule has 1 aliphatic rings. The summed E-state index contributed by atoms with van der Waals surface area (Å²) in [5.74, 6) is 1.20. The van der Waals surface area contributed by atoms with Crippen molar-refractivity contribution in [3.8, 4) is 11.5 Å². The Balaban J connectivity index is 1.98. The summed E-state index contributed by atoms with van der Waals surface area (Å²) in [5.41, 5.74) is 3.47. The zero-order chi connectivity index (χ0) is 15.7. The average Bonchev–Trinajstić information content (AvgIpc) is 2.55. The average molecular weight is 298 g/mol. The second-order valence-electron chi connectivity index (χ2n) is 5.16. The van der Waals surface area contributed by atoms with Gasteiger partial charge in [-0.1, -0.05) is 18.2 Å². The summed E-state index contributed by atoms with van der Waals surface area (Å²) in [7, 11) is 3.19. The van der Waals surface area contributed by atoms with E-state index in [1.54, 1.807) is 14.2 Å². The Morgan fingerprint density at radius 3 is 2.50 bits per heavy atom. The molecule has 2 aromatic carbocycles. The van der Waals surface area contributed by atoms with Crippen LogP contribution in [0.5, 0.6) is 11.5 Å². The summed E-state index contributed by atoms with van der Waals surface area (Å²) in [6.07, 6.45) is -0.305. The van der Waals surface area contributed by atoms with Gasteiger partial charge in [-0.2, -0.15) is 0 Å². The molecule has 2 aromatic rings. The number of carbonyl (C=O) groups excluding carboxylic acids is 1. The molecule has 0 saturated carbocycles. The van der Waals surface area contributed by atoms with Crippen LogP contribution in [0.25, 0.3) is 0 Å². The molecule has 0 bridgehead atoms. The number of ether oxygens (including phenoxy) is 2. The third-order valence-electron chi connectivity index (χ3n) is 3.82. The van der Waals surface area contributed by atoms with Crippen LogP contribution < -0.4 is 20.1 Å². The Morgan fingerprint density at radius 1 is 1.00 bits per heavy atom. The van der Waals surface area contributed by atoms with Crippen molar-refractivity contribution in [1.82, 2.24) is 5.32 Å². The van der Waals surface area contributed by atoms with Crippen LogP contribution in [0.1, 0.15) is 27.7 Å². The summed E-state index contributed by atoms with van der Waals surface area (Å²) in [4.78, 5) is 12.3. The number of para-hydroxylation sites is 1. The number of hydrogen-bond acceptors (Lipinski definition) is 4. The van der Waals surface area contributed by atoms with E-state index in [0.717, 1.165) is 16.8 Å². The largest absolute Gasteiger partial charge is 0.493 e. The number of methoxy groups -OCH3 is 2. The van der Waals surface area contributed by atoms with Crippen molar-refractivity contribution in [2.75, 3.05) is 19.5 Å². The first-order valence-electron chi connectivity index (χ1n) is 7.03. The number of fused-ring (bicyclic) bond motifs is 1. The van der Waals surface area contributed by atoms with Gasteiger partial charge in [0.1, 0.15) is 6.17 Å². The maximum absolute atomic E-state index is 12.3. The lowest BCUT2D eigenvalue weighted by molar-refractivity contribution is 0.0935. The zero-order valence-electron chi connectivity index (χ0n) is 12.8. The number of nitrogens with one attached hydrogen (secondary N) is 2. The van der Waals surface area contributed by atoms with E-state index in [1.807, 2.05) is 43.3 Å². The number of aryl methyl sites for hydroxylation is 1. The SMILES string of the molecule is COc1ccc(C2NC(=O)c3cccc(C)c3N2)cc1OC. The zero-order valence-corrected chi connectivity index (χ0v) is 12.8. The highest BCUT2D eigenvalue weighted by molar-refractivity contribution is 6.02. The Morgan fingerprint density at radius 2 is 1.77 bits per heavy atom. The van der Waals surface area contributed by atoms with Gasteiger partial charge in [0.05, 0.1) is 25.5 Å². The van der Waals surface area contributed by atoms with E-state index in [-0.39, 0.29) is 12.1 Å². The van der Waals surface area contributed by atoms with Crippen molar-refractivity contribution in [2.24, 2.45) is 0 Å². The van der Waals surface area contributed by atoms with E-state index in [4.69, 9.17) is 9.47 Å². The highest BCUT2D eigenvalue weighted by atomic mass is 16.5. The predicted octanol–water partition coefficient (Wildman–Crippen LogP) is 2.87. The number of benzene rings is 2. The lowest BCUT2D eigenvalue weighted by Crippen LogP contribution is -2.38. The number of rotatable bonds is 3. The second kappa shape index (κ2) is 5.60. The Bertz CT molecular complexity index is 728. The minimum Gasteiger partial charge on any atom is -0.493 e. The minimum atomic E-state index is -0.305. The third kappa shape index (κ3) is 2.35. The molecule has 114 valence electrons. The fourth-order valence-electron chi connectivity index (χ4n) is 2.64. The maximum atomic E-state index is 12.3. The van der Waals surface area contributed by atoms with Gasteiger partial charge < -0.3 is 20.1 Å². The van der Waals surface area contributed by atoms with Gasteiger partial charge in [0.15, 0.2) is 11.5 Å². The smallest absolute Gasteiger partial charge is 0.255 e. The van der Waals surface area contributed by atoms with Gasteiger partial charge in [-0.3, -0.25) is 4.79 Å². The Hall–Kier alpha value is -2.69. The molecule has 2 N–H and O–H groups in total. The Kier molecular flexibility index (Phi) is 3.63. The molecule has 1 amide bonds. The molecule has 5 nitrogen and oxygen atoms in total. The summed E-state index contributed by atoms with van der Waals surface area (Å²) in [6, 6.07) is 11.3. The first-order chi connectivity index (χ1) is 10.6. The van der Waals surface area contributed by atoms with Crippen molar-refractivity contribution >= 4 is 11.6 Å². The van der Waals surface area contributed by atoms with Crippen LogP contribution in [-0.2, 0) is 0 Å². The fourth-order valence-corrected chi connectivity index (χ4v) is 2.64. The van der Waals surface area contributed by atoms with Gasteiger partial charge in [0.25, 0.3) is 5.91 Å². The monoisotopic (exact) mass is 298 g/mol. The van der Waals surface area contributed by atoms with Crippen LogP contribution in [0.4, 0.5) is 5.69 Å². The molecule has 0 spiro atoms. The topological polar surface area (TPSA) is 59.6 Å². The molecule has 5 heteroatoms. The number of amides is 1. The molecule has 0 radical (unpaired) electrons. The molecule has 1 heterocycles.